The zero-order chi connectivity index (χ0) is 53.5. The van der Waals surface area contributed by atoms with E-state index in [4.69, 9.17) is 19.6 Å². The minimum absolute atomic E-state index is 0.0277. The number of para-hydroxylation sites is 2. The lowest BCUT2D eigenvalue weighted by Gasteiger charge is -2.33. The van der Waals surface area contributed by atoms with Crippen molar-refractivity contribution in [2.24, 2.45) is 13.0 Å². The van der Waals surface area contributed by atoms with Crippen molar-refractivity contribution >= 4 is 73.0 Å². The lowest BCUT2D eigenvalue weighted by Crippen LogP contribution is -2.39. The highest BCUT2D eigenvalue weighted by Crippen LogP contribution is 2.40. The summed E-state index contributed by atoms with van der Waals surface area (Å²) < 4.78 is 15.6. The maximum atomic E-state index is 14.1. The van der Waals surface area contributed by atoms with Gasteiger partial charge >= 0.3 is 5.97 Å². The van der Waals surface area contributed by atoms with Gasteiger partial charge in [-0.15, -0.1) is 0 Å². The van der Waals surface area contributed by atoms with Gasteiger partial charge in [0.15, 0.2) is 10.8 Å². The lowest BCUT2D eigenvalue weighted by molar-refractivity contribution is -0.134. The predicted octanol–water partition coefficient (Wildman–Crippen LogP) is 11.0. The van der Waals surface area contributed by atoms with Gasteiger partial charge in [0, 0.05) is 62.6 Å². The highest BCUT2D eigenvalue weighted by Gasteiger charge is 2.34. The number of hydrogen-bond donors (Lipinski definition) is 2. The summed E-state index contributed by atoms with van der Waals surface area (Å²) in [6, 6.07) is 29.7. The highest BCUT2D eigenvalue weighted by molar-refractivity contribution is 7.22. The number of amides is 4. The number of piperidine rings is 2. The molecule has 4 amide bonds. The number of rotatable bonds is 12. The van der Waals surface area contributed by atoms with Crippen LogP contribution in [-0.4, -0.2) is 85.6 Å². The van der Waals surface area contributed by atoms with Crippen molar-refractivity contribution in [3.63, 3.8) is 0 Å². The zero-order valence-corrected chi connectivity index (χ0v) is 45.3. The number of hydrogen-bond acceptors (Lipinski definition) is 12. The topological polar surface area (TPSA) is 178 Å². The van der Waals surface area contributed by atoms with Gasteiger partial charge in [0.2, 0.25) is 17.7 Å². The number of imide groups is 1. The van der Waals surface area contributed by atoms with E-state index in [0.717, 1.165) is 99.8 Å². The van der Waals surface area contributed by atoms with Gasteiger partial charge in [-0.25, -0.2) is 14.8 Å². The van der Waals surface area contributed by atoms with E-state index >= 15 is 0 Å². The van der Waals surface area contributed by atoms with E-state index in [1.54, 1.807) is 0 Å². The van der Waals surface area contributed by atoms with E-state index in [1.807, 2.05) is 123 Å². The van der Waals surface area contributed by atoms with Crippen LogP contribution in [0.1, 0.15) is 146 Å². The molecule has 4 aromatic carbocycles. The Morgan fingerprint density at radius 3 is 2.38 bits per heavy atom. The molecule has 7 aromatic rings. The Morgan fingerprint density at radius 1 is 0.818 bits per heavy atom. The molecule has 11 rings (SSSR count). The maximum absolute atomic E-state index is 14.1. The molecule has 1 aliphatic carbocycles. The SMILES string of the molecule is Cc1c(OC2CCC(CCC(=O)N3CCC(c4cccc5c(C6CCC(=O)NC6=O)nn(C)c45)CC3)CC2)cccc1-c1ccc(N2CCc3cccc(C(=O)Nc4nc5ccccc5s4)c3C2)nc1C(=O)OC(C)(C)C. The number of aryl methyl sites for hydroxylation is 1. The van der Waals surface area contributed by atoms with Crippen LogP contribution in [-0.2, 0) is 39.1 Å². The number of esters is 1. The molecule has 15 nitrogen and oxygen atoms in total. The van der Waals surface area contributed by atoms with E-state index in [9.17, 15) is 24.0 Å². The number of benzene rings is 4. The Labute approximate surface area is 452 Å². The molecule has 0 bridgehead atoms. The number of likely N-dealkylation sites (tertiary alicyclic amines) is 1. The van der Waals surface area contributed by atoms with Crippen LogP contribution in [0.2, 0.25) is 0 Å². The quantitative estimate of drug-likeness (QED) is 0.0879. The van der Waals surface area contributed by atoms with Gasteiger partial charge in [-0.05, 0) is 162 Å². The fourth-order valence-corrected chi connectivity index (χ4v) is 12.9. The molecule has 1 saturated carbocycles. The number of pyridine rings is 1. The number of nitrogens with zero attached hydrogens (tertiary/aromatic N) is 6. The summed E-state index contributed by atoms with van der Waals surface area (Å²) >= 11 is 1.44. The van der Waals surface area contributed by atoms with Gasteiger partial charge in [-0.2, -0.15) is 5.10 Å². The number of carbonyl (C=O) groups is 5. The van der Waals surface area contributed by atoms with Crippen LogP contribution >= 0.6 is 11.3 Å². The minimum Gasteiger partial charge on any atom is -0.490 e. The van der Waals surface area contributed by atoms with E-state index in [1.165, 1.54) is 16.9 Å². The van der Waals surface area contributed by atoms with Gasteiger partial charge in [0.25, 0.3) is 5.91 Å². The Hall–Kier alpha value is -7.46. The molecule has 1 unspecified atom stereocenters. The first-order valence-corrected chi connectivity index (χ1v) is 28.1. The molecular formula is C61H66N8O7S. The second-order valence-electron chi connectivity index (χ2n) is 22.3. The summed E-state index contributed by atoms with van der Waals surface area (Å²) in [6.45, 7) is 10.1. The third-order valence-corrected chi connectivity index (χ3v) is 17.0. The van der Waals surface area contributed by atoms with Gasteiger partial charge in [0.05, 0.1) is 33.4 Å². The van der Waals surface area contributed by atoms with Crippen molar-refractivity contribution in [3.8, 4) is 16.9 Å². The number of thiazole rings is 1. The number of carbonyl (C=O) groups excluding carboxylic acids is 5. The van der Waals surface area contributed by atoms with Crippen LogP contribution in [0.25, 0.3) is 32.2 Å². The maximum Gasteiger partial charge on any atom is 0.358 e. The number of aromatic nitrogens is 4. The van der Waals surface area contributed by atoms with Crippen LogP contribution < -0.4 is 20.3 Å². The molecule has 16 heteroatoms. The average molecular weight is 1060 g/mol. The zero-order valence-electron chi connectivity index (χ0n) is 44.5. The molecule has 3 aromatic heterocycles. The molecule has 3 fully saturated rings. The minimum atomic E-state index is -0.752. The van der Waals surface area contributed by atoms with Gasteiger partial charge < -0.3 is 19.3 Å². The van der Waals surface area contributed by atoms with Crippen molar-refractivity contribution < 1.29 is 33.4 Å². The van der Waals surface area contributed by atoms with Crippen molar-refractivity contribution in [2.45, 2.75) is 128 Å². The summed E-state index contributed by atoms with van der Waals surface area (Å²) in [5.74, 6) is 0.632. The number of nitrogens with one attached hydrogen (secondary N) is 2. The summed E-state index contributed by atoms with van der Waals surface area (Å²) in [7, 11) is 1.92. The smallest absolute Gasteiger partial charge is 0.358 e. The Bertz CT molecular complexity index is 3400. The van der Waals surface area contributed by atoms with E-state index < -0.39 is 17.5 Å². The normalized spacial score (nSPS) is 19.3. The Balaban J connectivity index is 0.708. The van der Waals surface area contributed by atoms with E-state index in [0.29, 0.717) is 79.9 Å². The Kier molecular flexibility index (Phi) is 14.4. The fourth-order valence-electron chi connectivity index (χ4n) is 12.0. The standard InChI is InChI=1S/C61H66N8O7S/c1-36-41(43-24-26-51(63-55(43)59(74)76-61(2,3)4)69-34-31-38-11-8-14-44(47(38)35-69)57(72)65-60-62-48-16-6-7-18-50(48)77-60)12-10-17-49(36)75-40-22-19-37(20-23-40)21-28-53(71)68-32-29-39(30-33-68)42-13-9-15-45-54(66-67(5)56(42)45)46-25-27-52(70)64-58(46)73/h6-18,24,26,37,39-40,46H,19-23,25,27-35H2,1-5H3,(H,62,65,72)(H,64,70,73). The second kappa shape index (κ2) is 21.5. The lowest BCUT2D eigenvalue weighted by atomic mass is 9.84. The number of anilines is 2. The largest absolute Gasteiger partial charge is 0.490 e. The first-order chi connectivity index (χ1) is 37.1. The number of fused-ring (bicyclic) bond motifs is 3. The van der Waals surface area contributed by atoms with Gasteiger partial charge in [-0.1, -0.05) is 65.9 Å². The summed E-state index contributed by atoms with van der Waals surface area (Å²) in [4.78, 5) is 80.0. The van der Waals surface area contributed by atoms with Crippen LogP contribution in [0.5, 0.6) is 5.75 Å². The molecular weight excluding hydrogens is 989 g/mol. The molecule has 3 aliphatic heterocycles. The fraction of sp³-hybridized carbons (Fsp3) is 0.410. The first kappa shape index (κ1) is 51.6. The number of ether oxygens (including phenoxy) is 2. The third kappa shape index (κ3) is 10.9. The van der Waals surface area contributed by atoms with Crippen LogP contribution in [0.15, 0.2) is 91.0 Å². The highest BCUT2D eigenvalue weighted by atomic mass is 32.1. The molecule has 2 N–H and O–H groups in total. The summed E-state index contributed by atoms with van der Waals surface area (Å²) in [5.41, 5.74) is 8.25. The predicted molar refractivity (Wildman–Crippen MR) is 298 cm³/mol. The summed E-state index contributed by atoms with van der Waals surface area (Å²) in [6.07, 6.45) is 8.37. The van der Waals surface area contributed by atoms with E-state index in [2.05, 4.69) is 32.7 Å². The molecule has 398 valence electrons. The molecule has 77 heavy (non-hydrogen) atoms. The van der Waals surface area contributed by atoms with E-state index in [-0.39, 0.29) is 41.3 Å². The Morgan fingerprint density at radius 2 is 1.60 bits per heavy atom. The monoisotopic (exact) mass is 1050 g/mol. The van der Waals surface area contributed by atoms with Crippen molar-refractivity contribution in [1.29, 1.82) is 0 Å². The molecule has 0 radical (unpaired) electrons. The van der Waals surface area contributed by atoms with Crippen LogP contribution in [0, 0.1) is 12.8 Å². The molecule has 6 heterocycles. The average Bonchev–Trinajstić information content (AvgIpc) is 4.04. The molecule has 4 aliphatic rings. The van der Waals surface area contributed by atoms with Crippen molar-refractivity contribution in [1.82, 2.24) is 30.0 Å². The molecule has 2 saturated heterocycles. The van der Waals surface area contributed by atoms with Crippen molar-refractivity contribution in [3.05, 3.63) is 130 Å². The second-order valence-corrected chi connectivity index (χ2v) is 23.3. The third-order valence-electron chi connectivity index (χ3n) is 16.0. The van der Waals surface area contributed by atoms with Gasteiger partial charge in [0.1, 0.15) is 17.2 Å². The van der Waals surface area contributed by atoms with Crippen LogP contribution in [0.4, 0.5) is 10.9 Å². The van der Waals surface area contributed by atoms with Crippen molar-refractivity contribution in [2.75, 3.05) is 29.9 Å². The summed E-state index contributed by atoms with van der Waals surface area (Å²) in [5, 5.41) is 11.8. The first-order valence-electron chi connectivity index (χ1n) is 27.2. The molecule has 0 spiro atoms. The molecule has 1 atom stereocenters. The van der Waals surface area contributed by atoms with Crippen LogP contribution in [0.3, 0.4) is 0 Å². The van der Waals surface area contributed by atoms with Gasteiger partial charge in [-0.3, -0.25) is 34.5 Å².